The first kappa shape index (κ1) is 14.0. The van der Waals surface area contributed by atoms with Gasteiger partial charge < -0.3 is 5.32 Å². The third kappa shape index (κ3) is 4.45. The van der Waals surface area contributed by atoms with Crippen LogP contribution in [-0.4, -0.2) is 28.8 Å². The summed E-state index contributed by atoms with van der Waals surface area (Å²) < 4.78 is 0. The first-order chi connectivity index (χ1) is 7.34. The summed E-state index contributed by atoms with van der Waals surface area (Å²) in [7, 11) is 0. The summed E-state index contributed by atoms with van der Waals surface area (Å²) in [5.41, 5.74) is 0. The van der Waals surface area contributed by atoms with E-state index in [9.17, 15) is 0 Å². The Morgan fingerprint density at radius 1 is 1.38 bits per heavy atom. The average molecular weight is 280 g/mol. The van der Waals surface area contributed by atoms with Crippen molar-refractivity contribution in [3.05, 3.63) is 17.5 Å². The SMILES string of the molecule is Cl.Clc1cc(SCC2CCNCC2)ncn1. The van der Waals surface area contributed by atoms with Crippen molar-refractivity contribution in [3.63, 3.8) is 0 Å². The second-order valence-electron chi connectivity index (χ2n) is 3.68. The maximum absolute atomic E-state index is 5.79. The molecule has 0 aromatic carbocycles. The summed E-state index contributed by atoms with van der Waals surface area (Å²) in [4.78, 5) is 8.04. The summed E-state index contributed by atoms with van der Waals surface area (Å²) >= 11 is 7.57. The first-order valence-corrected chi connectivity index (χ1v) is 6.52. The van der Waals surface area contributed by atoms with Gasteiger partial charge in [0.05, 0.1) is 0 Å². The predicted molar refractivity (Wildman–Crippen MR) is 70.6 cm³/mol. The summed E-state index contributed by atoms with van der Waals surface area (Å²) in [6.45, 7) is 2.30. The van der Waals surface area contributed by atoms with Crippen molar-refractivity contribution in [1.82, 2.24) is 15.3 Å². The maximum Gasteiger partial charge on any atom is 0.133 e. The van der Waals surface area contributed by atoms with E-state index < -0.39 is 0 Å². The van der Waals surface area contributed by atoms with Gasteiger partial charge in [-0.25, -0.2) is 9.97 Å². The molecule has 0 radical (unpaired) electrons. The molecule has 3 nitrogen and oxygen atoms in total. The molecule has 0 saturated carbocycles. The first-order valence-electron chi connectivity index (χ1n) is 5.15. The van der Waals surface area contributed by atoms with Crippen LogP contribution in [0.15, 0.2) is 17.4 Å². The van der Waals surface area contributed by atoms with E-state index in [2.05, 4.69) is 15.3 Å². The molecule has 0 bridgehead atoms. The van der Waals surface area contributed by atoms with Crippen LogP contribution in [0.25, 0.3) is 0 Å². The lowest BCUT2D eigenvalue weighted by Crippen LogP contribution is -2.28. The number of hydrogen-bond acceptors (Lipinski definition) is 4. The van der Waals surface area contributed by atoms with Crippen molar-refractivity contribution in [2.75, 3.05) is 18.8 Å². The molecule has 1 aromatic heterocycles. The van der Waals surface area contributed by atoms with Crippen molar-refractivity contribution in [2.24, 2.45) is 5.92 Å². The maximum atomic E-state index is 5.79. The molecule has 1 saturated heterocycles. The molecule has 1 N–H and O–H groups in total. The van der Waals surface area contributed by atoms with Gasteiger partial charge in [-0.1, -0.05) is 11.6 Å². The van der Waals surface area contributed by atoms with Gasteiger partial charge >= 0.3 is 0 Å². The summed E-state index contributed by atoms with van der Waals surface area (Å²) in [5, 5.41) is 4.87. The number of nitrogens with one attached hydrogen (secondary N) is 1. The third-order valence-corrected chi connectivity index (χ3v) is 3.90. The number of aromatic nitrogens is 2. The molecular weight excluding hydrogens is 265 g/mol. The van der Waals surface area contributed by atoms with Gasteiger partial charge in [0.15, 0.2) is 0 Å². The van der Waals surface area contributed by atoms with Gasteiger partial charge in [0.2, 0.25) is 0 Å². The van der Waals surface area contributed by atoms with E-state index >= 15 is 0 Å². The lowest BCUT2D eigenvalue weighted by Gasteiger charge is -2.21. The van der Waals surface area contributed by atoms with Crippen LogP contribution in [0.3, 0.4) is 0 Å². The van der Waals surface area contributed by atoms with Gasteiger partial charge in [-0.15, -0.1) is 24.2 Å². The van der Waals surface area contributed by atoms with Crippen LogP contribution in [0.1, 0.15) is 12.8 Å². The van der Waals surface area contributed by atoms with Gasteiger partial charge in [0.1, 0.15) is 16.5 Å². The monoisotopic (exact) mass is 279 g/mol. The fourth-order valence-electron chi connectivity index (χ4n) is 1.65. The zero-order chi connectivity index (χ0) is 10.5. The molecule has 1 fully saturated rings. The molecule has 1 aliphatic rings. The average Bonchev–Trinajstić information content (AvgIpc) is 2.28. The Morgan fingerprint density at radius 2 is 2.12 bits per heavy atom. The molecule has 6 heteroatoms. The van der Waals surface area contributed by atoms with E-state index in [4.69, 9.17) is 11.6 Å². The zero-order valence-electron chi connectivity index (χ0n) is 8.86. The Hall–Kier alpha value is -0.0300. The zero-order valence-corrected chi connectivity index (χ0v) is 11.2. The summed E-state index contributed by atoms with van der Waals surface area (Å²) in [6, 6.07) is 1.83. The predicted octanol–water partition coefficient (Wildman–Crippen LogP) is 2.64. The summed E-state index contributed by atoms with van der Waals surface area (Å²) in [6.07, 6.45) is 4.06. The van der Waals surface area contributed by atoms with Crippen LogP contribution in [0.2, 0.25) is 5.15 Å². The number of nitrogens with zero attached hydrogens (tertiary/aromatic N) is 2. The van der Waals surface area contributed by atoms with Gasteiger partial charge in [-0.3, -0.25) is 0 Å². The van der Waals surface area contributed by atoms with E-state index in [1.165, 1.54) is 19.2 Å². The highest BCUT2D eigenvalue weighted by molar-refractivity contribution is 7.99. The highest BCUT2D eigenvalue weighted by Gasteiger charge is 2.13. The number of halogens is 2. The molecule has 90 valence electrons. The van der Waals surface area contributed by atoms with Crippen LogP contribution in [-0.2, 0) is 0 Å². The van der Waals surface area contributed by atoms with E-state index in [0.29, 0.717) is 5.15 Å². The molecule has 0 atom stereocenters. The molecule has 16 heavy (non-hydrogen) atoms. The number of thioether (sulfide) groups is 1. The van der Waals surface area contributed by atoms with Crippen LogP contribution in [0, 0.1) is 5.92 Å². The fraction of sp³-hybridized carbons (Fsp3) is 0.600. The lowest BCUT2D eigenvalue weighted by molar-refractivity contribution is 0.408. The number of piperidine rings is 1. The molecule has 0 unspecified atom stereocenters. The minimum absolute atomic E-state index is 0. The Balaban J connectivity index is 0.00000128. The molecular formula is C10H15Cl2N3S. The van der Waals surface area contributed by atoms with E-state index in [0.717, 1.165) is 29.8 Å². The van der Waals surface area contributed by atoms with Crippen molar-refractivity contribution < 1.29 is 0 Å². The van der Waals surface area contributed by atoms with E-state index in [1.807, 2.05) is 6.07 Å². The molecule has 1 aliphatic heterocycles. The highest BCUT2D eigenvalue weighted by atomic mass is 35.5. The van der Waals surface area contributed by atoms with Crippen LogP contribution in [0.4, 0.5) is 0 Å². The van der Waals surface area contributed by atoms with Gasteiger partial charge in [0, 0.05) is 11.8 Å². The van der Waals surface area contributed by atoms with Crippen molar-refractivity contribution in [3.8, 4) is 0 Å². The Bertz CT molecular complexity index is 319. The molecule has 0 aliphatic carbocycles. The van der Waals surface area contributed by atoms with E-state index in [1.54, 1.807) is 11.8 Å². The van der Waals surface area contributed by atoms with Gasteiger partial charge in [-0.05, 0) is 31.8 Å². The minimum Gasteiger partial charge on any atom is -0.317 e. The smallest absolute Gasteiger partial charge is 0.133 e. The van der Waals surface area contributed by atoms with Crippen molar-refractivity contribution in [1.29, 1.82) is 0 Å². The molecule has 2 heterocycles. The highest BCUT2D eigenvalue weighted by Crippen LogP contribution is 2.24. The quantitative estimate of drug-likeness (QED) is 0.682. The largest absolute Gasteiger partial charge is 0.317 e. The van der Waals surface area contributed by atoms with Gasteiger partial charge in [0.25, 0.3) is 0 Å². The topological polar surface area (TPSA) is 37.8 Å². The second kappa shape index (κ2) is 7.33. The third-order valence-electron chi connectivity index (χ3n) is 2.53. The van der Waals surface area contributed by atoms with E-state index in [-0.39, 0.29) is 12.4 Å². The second-order valence-corrected chi connectivity index (χ2v) is 5.11. The molecule has 0 amide bonds. The van der Waals surface area contributed by atoms with Crippen molar-refractivity contribution in [2.45, 2.75) is 17.9 Å². The van der Waals surface area contributed by atoms with Crippen LogP contribution >= 0.6 is 35.8 Å². The Kier molecular flexibility index (Phi) is 6.43. The standard InChI is InChI=1S/C10H14ClN3S.ClH/c11-9-5-10(14-7-13-9)15-6-8-1-3-12-4-2-8;/h5,7-8,12H,1-4,6H2;1H. The van der Waals surface area contributed by atoms with Crippen molar-refractivity contribution >= 4 is 35.8 Å². The molecule has 1 aromatic rings. The summed E-state index contributed by atoms with van der Waals surface area (Å²) in [5.74, 6) is 1.94. The number of rotatable bonds is 3. The Morgan fingerprint density at radius 3 is 2.81 bits per heavy atom. The lowest BCUT2D eigenvalue weighted by atomic mass is 10.0. The fourth-order valence-corrected chi connectivity index (χ4v) is 2.92. The molecule has 0 spiro atoms. The Labute approximate surface area is 111 Å². The van der Waals surface area contributed by atoms with Crippen LogP contribution in [0.5, 0.6) is 0 Å². The number of hydrogen-bond donors (Lipinski definition) is 1. The van der Waals surface area contributed by atoms with Crippen LogP contribution < -0.4 is 5.32 Å². The minimum atomic E-state index is 0. The molecule has 2 rings (SSSR count). The van der Waals surface area contributed by atoms with Gasteiger partial charge in [-0.2, -0.15) is 0 Å². The normalized spacial score (nSPS) is 16.8.